The largest absolute Gasteiger partial charge is 0.379 e. The average Bonchev–Trinajstić information content (AvgIpc) is 2.57. The van der Waals surface area contributed by atoms with Gasteiger partial charge in [-0.05, 0) is 19.3 Å². The molecule has 0 aliphatic rings. The zero-order valence-corrected chi connectivity index (χ0v) is 7.98. The molecule has 67 valence electrons. The van der Waals surface area contributed by atoms with E-state index in [1.807, 2.05) is 5.51 Å². The smallest absolute Gasteiger partial charge is 0.0794 e. The van der Waals surface area contributed by atoms with Gasteiger partial charge in [-0.15, -0.1) is 11.3 Å². The Kier molecular flexibility index (Phi) is 4.95. The highest BCUT2D eigenvalue weighted by atomic mass is 32.1. The number of ether oxygens (including phenoxy) is 1. The predicted molar refractivity (Wildman–Crippen MR) is 51.0 cm³/mol. The van der Waals surface area contributed by atoms with Crippen LogP contribution >= 0.6 is 11.3 Å². The molecule has 0 bridgehead atoms. The van der Waals surface area contributed by atoms with Gasteiger partial charge in [-0.25, -0.2) is 4.98 Å². The standard InChI is InChI=1S/C9H14NOS/c1-11-6-4-2-3-5-9-7-12-8-10-9/h7-8H,1-6H2. The monoisotopic (exact) mass is 184 g/mol. The van der Waals surface area contributed by atoms with Crippen molar-refractivity contribution < 1.29 is 4.74 Å². The minimum absolute atomic E-state index is 0.775. The third-order valence-corrected chi connectivity index (χ3v) is 2.34. The van der Waals surface area contributed by atoms with Crippen molar-refractivity contribution in [2.45, 2.75) is 25.7 Å². The first-order chi connectivity index (χ1) is 5.93. The summed E-state index contributed by atoms with van der Waals surface area (Å²) in [6, 6.07) is 0. The van der Waals surface area contributed by atoms with Gasteiger partial charge < -0.3 is 4.74 Å². The third kappa shape index (κ3) is 3.83. The van der Waals surface area contributed by atoms with Crippen molar-refractivity contribution in [3.8, 4) is 0 Å². The van der Waals surface area contributed by atoms with E-state index in [0.717, 1.165) is 19.4 Å². The fraction of sp³-hybridized carbons (Fsp3) is 0.556. The number of aromatic nitrogens is 1. The Hall–Kier alpha value is -0.410. The van der Waals surface area contributed by atoms with Gasteiger partial charge in [0.05, 0.1) is 18.3 Å². The number of unbranched alkanes of at least 4 members (excludes halogenated alkanes) is 2. The highest BCUT2D eigenvalue weighted by Gasteiger charge is 1.94. The SMILES string of the molecule is [CH2]OCCCCCc1cscn1. The lowest BCUT2D eigenvalue weighted by atomic mass is 10.2. The van der Waals surface area contributed by atoms with Crippen LogP contribution in [-0.2, 0) is 11.2 Å². The molecule has 0 fully saturated rings. The van der Waals surface area contributed by atoms with Gasteiger partial charge in [0.15, 0.2) is 0 Å². The van der Waals surface area contributed by atoms with E-state index in [2.05, 4.69) is 17.5 Å². The number of rotatable bonds is 6. The van der Waals surface area contributed by atoms with Gasteiger partial charge >= 0.3 is 0 Å². The summed E-state index contributed by atoms with van der Waals surface area (Å²) in [6.07, 6.45) is 4.61. The van der Waals surface area contributed by atoms with Gasteiger partial charge in [-0.1, -0.05) is 6.42 Å². The lowest BCUT2D eigenvalue weighted by molar-refractivity contribution is 0.234. The van der Waals surface area contributed by atoms with E-state index in [9.17, 15) is 0 Å². The minimum Gasteiger partial charge on any atom is -0.379 e. The Balaban J connectivity index is 1.96. The summed E-state index contributed by atoms with van der Waals surface area (Å²) in [5.41, 5.74) is 3.10. The van der Waals surface area contributed by atoms with Crippen LogP contribution in [0.25, 0.3) is 0 Å². The fourth-order valence-corrected chi connectivity index (χ4v) is 1.64. The summed E-state index contributed by atoms with van der Waals surface area (Å²) in [4.78, 5) is 4.21. The van der Waals surface area contributed by atoms with E-state index in [0.29, 0.717) is 0 Å². The molecule has 0 aliphatic heterocycles. The predicted octanol–water partition coefficient (Wildman–Crippen LogP) is 2.66. The number of hydrogen-bond donors (Lipinski definition) is 0. The minimum atomic E-state index is 0.775. The van der Waals surface area contributed by atoms with E-state index in [4.69, 9.17) is 4.74 Å². The second-order valence-corrected chi connectivity index (χ2v) is 3.42. The lowest BCUT2D eigenvalue weighted by Gasteiger charge is -1.97. The summed E-state index contributed by atoms with van der Waals surface area (Å²) in [5.74, 6) is 0. The average molecular weight is 184 g/mol. The molecule has 1 aromatic heterocycles. The summed E-state index contributed by atoms with van der Waals surface area (Å²) in [6.45, 7) is 0.775. The Morgan fingerprint density at radius 3 is 3.00 bits per heavy atom. The van der Waals surface area contributed by atoms with E-state index in [1.165, 1.54) is 18.5 Å². The Morgan fingerprint density at radius 1 is 1.42 bits per heavy atom. The summed E-state index contributed by atoms with van der Waals surface area (Å²) in [5, 5.41) is 2.11. The van der Waals surface area contributed by atoms with Crippen LogP contribution in [0.3, 0.4) is 0 Å². The maximum Gasteiger partial charge on any atom is 0.0794 e. The quantitative estimate of drug-likeness (QED) is 0.634. The highest BCUT2D eigenvalue weighted by molar-refractivity contribution is 7.07. The molecule has 0 saturated heterocycles. The molecule has 2 nitrogen and oxygen atoms in total. The first-order valence-electron chi connectivity index (χ1n) is 4.17. The second kappa shape index (κ2) is 6.14. The first-order valence-corrected chi connectivity index (χ1v) is 5.12. The molecular weight excluding hydrogens is 170 g/mol. The van der Waals surface area contributed by atoms with Gasteiger partial charge in [0.1, 0.15) is 0 Å². The van der Waals surface area contributed by atoms with Crippen LogP contribution < -0.4 is 0 Å². The maximum atomic E-state index is 4.72. The zero-order chi connectivity index (χ0) is 8.65. The number of thiazole rings is 1. The van der Waals surface area contributed by atoms with Crippen LogP contribution in [0.4, 0.5) is 0 Å². The van der Waals surface area contributed by atoms with Crippen LogP contribution in [0.5, 0.6) is 0 Å². The Bertz CT molecular complexity index is 186. The maximum absolute atomic E-state index is 4.72. The summed E-state index contributed by atoms with van der Waals surface area (Å²) >= 11 is 1.66. The van der Waals surface area contributed by atoms with Crippen LogP contribution in [0, 0.1) is 7.11 Å². The van der Waals surface area contributed by atoms with Crippen molar-refractivity contribution in [3.63, 3.8) is 0 Å². The van der Waals surface area contributed by atoms with Crippen LogP contribution in [-0.4, -0.2) is 11.6 Å². The van der Waals surface area contributed by atoms with Crippen LogP contribution in [0.1, 0.15) is 25.0 Å². The van der Waals surface area contributed by atoms with Crippen molar-refractivity contribution in [1.82, 2.24) is 4.98 Å². The topological polar surface area (TPSA) is 22.1 Å². The second-order valence-electron chi connectivity index (χ2n) is 2.70. The van der Waals surface area contributed by atoms with Crippen molar-refractivity contribution >= 4 is 11.3 Å². The first kappa shape index (κ1) is 9.68. The molecule has 0 aliphatic carbocycles. The number of nitrogens with zero attached hydrogens (tertiary/aromatic N) is 1. The molecule has 0 amide bonds. The van der Waals surface area contributed by atoms with Crippen molar-refractivity contribution in [2.24, 2.45) is 0 Å². The summed E-state index contributed by atoms with van der Waals surface area (Å²) < 4.78 is 4.72. The van der Waals surface area contributed by atoms with Gasteiger partial charge in [0.25, 0.3) is 0 Å². The molecule has 12 heavy (non-hydrogen) atoms. The lowest BCUT2D eigenvalue weighted by Crippen LogP contribution is -1.89. The molecule has 0 spiro atoms. The Labute approximate surface area is 77.6 Å². The number of hydrogen-bond acceptors (Lipinski definition) is 3. The molecule has 1 radical (unpaired) electrons. The molecule has 0 unspecified atom stereocenters. The van der Waals surface area contributed by atoms with Gasteiger partial charge in [0.2, 0.25) is 0 Å². The Morgan fingerprint density at radius 2 is 2.33 bits per heavy atom. The van der Waals surface area contributed by atoms with E-state index in [1.54, 1.807) is 11.3 Å². The van der Waals surface area contributed by atoms with E-state index in [-0.39, 0.29) is 0 Å². The zero-order valence-electron chi connectivity index (χ0n) is 7.16. The van der Waals surface area contributed by atoms with Crippen LogP contribution in [0.2, 0.25) is 0 Å². The van der Waals surface area contributed by atoms with Crippen molar-refractivity contribution in [1.29, 1.82) is 0 Å². The highest BCUT2D eigenvalue weighted by Crippen LogP contribution is 2.06. The van der Waals surface area contributed by atoms with E-state index >= 15 is 0 Å². The van der Waals surface area contributed by atoms with Gasteiger partial charge in [-0.3, -0.25) is 0 Å². The third-order valence-electron chi connectivity index (χ3n) is 1.71. The molecule has 1 aromatic rings. The number of aryl methyl sites for hydroxylation is 1. The fourth-order valence-electron chi connectivity index (χ4n) is 1.05. The molecule has 1 heterocycles. The molecule has 1 rings (SSSR count). The molecule has 0 aromatic carbocycles. The van der Waals surface area contributed by atoms with Crippen molar-refractivity contribution in [2.75, 3.05) is 6.61 Å². The van der Waals surface area contributed by atoms with Gasteiger partial charge in [-0.2, -0.15) is 0 Å². The van der Waals surface area contributed by atoms with Crippen molar-refractivity contribution in [3.05, 3.63) is 23.7 Å². The molecule has 0 saturated carbocycles. The van der Waals surface area contributed by atoms with Gasteiger partial charge in [0, 0.05) is 12.0 Å². The normalized spacial score (nSPS) is 10.4. The molecule has 0 atom stereocenters. The van der Waals surface area contributed by atoms with E-state index < -0.39 is 0 Å². The summed E-state index contributed by atoms with van der Waals surface area (Å²) in [7, 11) is 3.32. The molecular formula is C9H14NOS. The molecule has 3 heteroatoms. The van der Waals surface area contributed by atoms with Crippen LogP contribution in [0.15, 0.2) is 10.9 Å². The molecule has 0 N–H and O–H groups in total.